The van der Waals surface area contributed by atoms with Crippen molar-refractivity contribution in [1.82, 2.24) is 9.88 Å². The number of hydrogen-bond donors (Lipinski definition) is 3. The van der Waals surface area contributed by atoms with E-state index in [1.807, 2.05) is 12.3 Å². The molecule has 1 aliphatic rings. The zero-order chi connectivity index (χ0) is 20.9. The monoisotopic (exact) mass is 422 g/mol. The average molecular weight is 423 g/mol. The van der Waals surface area contributed by atoms with E-state index in [1.54, 1.807) is 48.5 Å². The normalized spacial score (nSPS) is 16.4. The third-order valence-corrected chi connectivity index (χ3v) is 5.49. The molecule has 1 aliphatic heterocycles. The Kier molecular flexibility index (Phi) is 6.16. The minimum atomic E-state index is -0.293. The van der Waals surface area contributed by atoms with Gasteiger partial charge in [-0.25, -0.2) is 0 Å². The average Bonchev–Trinajstić information content (AvgIpc) is 3.41. The Bertz CT molecular complexity index is 1020. The van der Waals surface area contributed by atoms with Crippen molar-refractivity contribution < 1.29 is 9.59 Å². The molecule has 1 fully saturated rings. The maximum Gasteiger partial charge on any atom is 0.257 e. The van der Waals surface area contributed by atoms with Crippen molar-refractivity contribution in [3.8, 4) is 0 Å². The summed E-state index contributed by atoms with van der Waals surface area (Å²) in [5, 5.41) is 6.34. The van der Waals surface area contributed by atoms with Gasteiger partial charge < -0.3 is 15.6 Å². The Morgan fingerprint density at radius 1 is 1.03 bits per heavy atom. The summed E-state index contributed by atoms with van der Waals surface area (Å²) in [5.41, 5.74) is 2.66. The van der Waals surface area contributed by atoms with Gasteiger partial charge in [0.15, 0.2) is 0 Å². The number of carbonyl (C=O) groups excluding carboxylic acids is 2. The van der Waals surface area contributed by atoms with Gasteiger partial charge in [-0.3, -0.25) is 14.5 Å². The van der Waals surface area contributed by atoms with E-state index in [0.29, 0.717) is 22.0 Å². The summed E-state index contributed by atoms with van der Waals surface area (Å²) in [6.07, 6.45) is 3.98. The lowest BCUT2D eigenvalue weighted by Gasteiger charge is -2.23. The number of hydrogen-bond acceptors (Lipinski definition) is 3. The van der Waals surface area contributed by atoms with Crippen molar-refractivity contribution in [1.29, 1.82) is 0 Å². The largest absolute Gasteiger partial charge is 0.364 e. The van der Waals surface area contributed by atoms with Crippen LogP contribution in [0.15, 0.2) is 66.9 Å². The predicted octanol–water partition coefficient (Wildman–Crippen LogP) is 4.70. The Hall–Kier alpha value is -3.09. The number of anilines is 2. The second-order valence-corrected chi connectivity index (χ2v) is 7.75. The number of aromatic amines is 1. The van der Waals surface area contributed by atoms with E-state index in [1.165, 1.54) is 0 Å². The summed E-state index contributed by atoms with van der Waals surface area (Å²) in [7, 11) is 0. The number of nitrogens with zero attached hydrogens (tertiary/aromatic N) is 1. The first-order valence-electron chi connectivity index (χ1n) is 9.93. The van der Waals surface area contributed by atoms with E-state index in [0.717, 1.165) is 25.1 Å². The molecule has 0 radical (unpaired) electrons. The standard InChI is InChI=1S/C23H23ClN4O2/c24-16-9-11-17(12-10-16)26-23(30)18-5-1-2-6-19(18)27-22(29)15-28-14-4-8-21(28)20-7-3-13-25-20/h1-3,5-7,9-13,21,25H,4,8,14-15H2,(H,26,30)(H,27,29). The fraction of sp³-hybridized carbons (Fsp3) is 0.217. The minimum absolute atomic E-state index is 0.139. The van der Waals surface area contributed by atoms with Crippen molar-refractivity contribution in [2.24, 2.45) is 0 Å². The minimum Gasteiger partial charge on any atom is -0.364 e. The van der Waals surface area contributed by atoms with Gasteiger partial charge in [0, 0.05) is 22.6 Å². The maximum atomic E-state index is 12.7. The second kappa shape index (κ2) is 9.15. The smallest absolute Gasteiger partial charge is 0.257 e. The van der Waals surface area contributed by atoms with Crippen molar-refractivity contribution in [3.05, 3.63) is 83.1 Å². The highest BCUT2D eigenvalue weighted by molar-refractivity contribution is 6.30. The lowest BCUT2D eigenvalue weighted by Crippen LogP contribution is -2.33. The van der Waals surface area contributed by atoms with Crippen LogP contribution in [0.2, 0.25) is 5.02 Å². The van der Waals surface area contributed by atoms with Gasteiger partial charge >= 0.3 is 0 Å². The maximum absolute atomic E-state index is 12.7. The van der Waals surface area contributed by atoms with Crippen molar-refractivity contribution in [2.45, 2.75) is 18.9 Å². The lowest BCUT2D eigenvalue weighted by molar-refractivity contribution is -0.117. The second-order valence-electron chi connectivity index (χ2n) is 7.31. The van der Waals surface area contributed by atoms with Crippen LogP contribution in [-0.2, 0) is 4.79 Å². The van der Waals surface area contributed by atoms with E-state index in [4.69, 9.17) is 11.6 Å². The number of likely N-dealkylation sites (tertiary alicyclic amines) is 1. The molecule has 2 amide bonds. The highest BCUT2D eigenvalue weighted by Gasteiger charge is 2.28. The molecule has 0 saturated carbocycles. The number of para-hydroxylation sites is 1. The highest BCUT2D eigenvalue weighted by Crippen LogP contribution is 2.30. The van der Waals surface area contributed by atoms with Gasteiger partial charge in [0.25, 0.3) is 5.91 Å². The van der Waals surface area contributed by atoms with Gasteiger partial charge in [0.2, 0.25) is 5.91 Å². The fourth-order valence-electron chi connectivity index (χ4n) is 3.82. The molecule has 6 nitrogen and oxygen atoms in total. The fourth-order valence-corrected chi connectivity index (χ4v) is 3.94. The first kappa shape index (κ1) is 20.2. The molecule has 0 aliphatic carbocycles. The molecule has 0 spiro atoms. The molecule has 1 atom stereocenters. The van der Waals surface area contributed by atoms with Crippen LogP contribution in [0.3, 0.4) is 0 Å². The number of rotatable bonds is 6. The molecular formula is C23H23ClN4O2. The van der Waals surface area contributed by atoms with E-state index < -0.39 is 0 Å². The van der Waals surface area contributed by atoms with E-state index >= 15 is 0 Å². The number of benzene rings is 2. The van der Waals surface area contributed by atoms with Crippen LogP contribution >= 0.6 is 11.6 Å². The lowest BCUT2D eigenvalue weighted by atomic mass is 10.1. The van der Waals surface area contributed by atoms with E-state index in [2.05, 4.69) is 26.6 Å². The molecule has 154 valence electrons. The third kappa shape index (κ3) is 4.72. The van der Waals surface area contributed by atoms with Crippen LogP contribution in [0, 0.1) is 0 Å². The quantitative estimate of drug-likeness (QED) is 0.539. The summed E-state index contributed by atoms with van der Waals surface area (Å²) in [6, 6.07) is 18.1. The number of H-pyrrole nitrogens is 1. The molecule has 30 heavy (non-hydrogen) atoms. The molecule has 2 aromatic carbocycles. The highest BCUT2D eigenvalue weighted by atomic mass is 35.5. The van der Waals surface area contributed by atoms with Crippen LogP contribution in [0.4, 0.5) is 11.4 Å². The number of halogens is 1. The molecular weight excluding hydrogens is 400 g/mol. The molecule has 2 heterocycles. The van der Waals surface area contributed by atoms with Crippen molar-refractivity contribution in [3.63, 3.8) is 0 Å². The predicted molar refractivity (Wildman–Crippen MR) is 119 cm³/mol. The Morgan fingerprint density at radius 2 is 1.83 bits per heavy atom. The molecule has 3 N–H and O–H groups in total. The summed E-state index contributed by atoms with van der Waals surface area (Å²) in [6.45, 7) is 1.15. The first-order valence-corrected chi connectivity index (χ1v) is 10.3. The number of aromatic nitrogens is 1. The SMILES string of the molecule is O=C(CN1CCCC1c1ccc[nH]1)Nc1ccccc1C(=O)Nc1ccc(Cl)cc1. The van der Waals surface area contributed by atoms with Gasteiger partial charge in [0.1, 0.15) is 0 Å². The van der Waals surface area contributed by atoms with E-state index in [9.17, 15) is 9.59 Å². The number of carbonyl (C=O) groups is 2. The molecule has 0 bridgehead atoms. The molecule has 1 aromatic heterocycles. The van der Waals surface area contributed by atoms with Crippen LogP contribution in [-0.4, -0.2) is 34.8 Å². The topological polar surface area (TPSA) is 77.2 Å². The van der Waals surface area contributed by atoms with Gasteiger partial charge in [-0.1, -0.05) is 23.7 Å². The van der Waals surface area contributed by atoms with Crippen LogP contribution in [0.25, 0.3) is 0 Å². The molecule has 1 unspecified atom stereocenters. The Labute approximate surface area is 180 Å². The van der Waals surface area contributed by atoms with Gasteiger partial charge in [0.05, 0.1) is 23.8 Å². The zero-order valence-corrected chi connectivity index (χ0v) is 17.2. The van der Waals surface area contributed by atoms with Crippen LogP contribution < -0.4 is 10.6 Å². The Morgan fingerprint density at radius 3 is 2.60 bits per heavy atom. The van der Waals surface area contributed by atoms with E-state index in [-0.39, 0.29) is 24.4 Å². The number of amides is 2. The molecule has 7 heteroatoms. The molecule has 4 rings (SSSR count). The van der Waals surface area contributed by atoms with Gasteiger partial charge in [-0.15, -0.1) is 0 Å². The summed E-state index contributed by atoms with van der Waals surface area (Å²) in [5.74, 6) is -0.432. The van der Waals surface area contributed by atoms with Crippen molar-refractivity contribution >= 4 is 34.8 Å². The molecule has 3 aromatic rings. The summed E-state index contributed by atoms with van der Waals surface area (Å²) in [4.78, 5) is 30.9. The van der Waals surface area contributed by atoms with Gasteiger partial charge in [-0.2, -0.15) is 0 Å². The molecule has 1 saturated heterocycles. The summed E-state index contributed by atoms with van der Waals surface area (Å²) >= 11 is 5.89. The van der Waals surface area contributed by atoms with Crippen LogP contribution in [0.1, 0.15) is 34.9 Å². The number of nitrogens with one attached hydrogen (secondary N) is 3. The summed E-state index contributed by atoms with van der Waals surface area (Å²) < 4.78 is 0. The van der Waals surface area contributed by atoms with Crippen molar-refractivity contribution in [2.75, 3.05) is 23.7 Å². The first-order chi connectivity index (χ1) is 14.6. The third-order valence-electron chi connectivity index (χ3n) is 5.24. The van der Waals surface area contributed by atoms with Gasteiger partial charge in [-0.05, 0) is 67.9 Å². The zero-order valence-electron chi connectivity index (χ0n) is 16.4. The Balaban J connectivity index is 1.42. The van der Waals surface area contributed by atoms with Crippen LogP contribution in [0.5, 0.6) is 0 Å².